The molecule has 196 valence electrons. The highest BCUT2D eigenvalue weighted by atomic mass is 19.4. The fourth-order valence-electron chi connectivity index (χ4n) is 4.43. The van der Waals surface area contributed by atoms with Gasteiger partial charge in [0.25, 0.3) is 0 Å². The average molecular weight is 520 g/mol. The standard InChI is InChI=1S/C29H28F3N5O/c1-19(2)26-35-25-15-18-37(28-24(29(30,31)32)9-6-16-33-28)17-14-23(25)27(36-26)34-20-10-12-22(13-11-20)38-21-7-4-3-5-8-21/h3-13,16,19H,14-15,17-18H2,1-2H3,(H,34,35,36). The highest BCUT2D eigenvalue weighted by Crippen LogP contribution is 2.36. The first kappa shape index (κ1) is 25.5. The lowest BCUT2D eigenvalue weighted by Gasteiger charge is -2.24. The minimum absolute atomic E-state index is 0.0478. The molecule has 0 saturated carbocycles. The van der Waals surface area contributed by atoms with Crippen molar-refractivity contribution in [3.8, 4) is 11.5 Å². The highest BCUT2D eigenvalue weighted by molar-refractivity contribution is 5.62. The van der Waals surface area contributed by atoms with E-state index in [4.69, 9.17) is 14.7 Å². The molecule has 3 heterocycles. The van der Waals surface area contributed by atoms with Gasteiger partial charge < -0.3 is 15.0 Å². The second-order valence-corrected chi connectivity index (χ2v) is 9.43. The number of hydrogen-bond donors (Lipinski definition) is 1. The molecule has 2 aromatic heterocycles. The van der Waals surface area contributed by atoms with Gasteiger partial charge in [-0.1, -0.05) is 32.0 Å². The van der Waals surface area contributed by atoms with Crippen LogP contribution >= 0.6 is 0 Å². The van der Waals surface area contributed by atoms with E-state index in [1.54, 1.807) is 4.90 Å². The predicted molar refractivity (Wildman–Crippen MR) is 141 cm³/mol. The van der Waals surface area contributed by atoms with E-state index in [-0.39, 0.29) is 11.7 Å². The van der Waals surface area contributed by atoms with Crippen molar-refractivity contribution in [3.63, 3.8) is 0 Å². The molecule has 0 aliphatic carbocycles. The van der Waals surface area contributed by atoms with Crippen LogP contribution in [0.1, 0.15) is 42.4 Å². The quantitative estimate of drug-likeness (QED) is 0.292. The number of benzene rings is 2. The fourth-order valence-corrected chi connectivity index (χ4v) is 4.43. The van der Waals surface area contributed by atoms with Gasteiger partial charge in [0.1, 0.15) is 29.0 Å². The molecule has 0 radical (unpaired) electrons. The summed E-state index contributed by atoms with van der Waals surface area (Å²) in [6.07, 6.45) is -2.10. The summed E-state index contributed by atoms with van der Waals surface area (Å²) in [5.74, 6) is 2.87. The van der Waals surface area contributed by atoms with Crippen molar-refractivity contribution >= 4 is 17.3 Å². The lowest BCUT2D eigenvalue weighted by molar-refractivity contribution is -0.137. The van der Waals surface area contributed by atoms with Crippen LogP contribution in [-0.2, 0) is 19.0 Å². The van der Waals surface area contributed by atoms with Crippen LogP contribution in [0.4, 0.5) is 30.5 Å². The Hall–Kier alpha value is -4.14. The number of fused-ring (bicyclic) bond motifs is 1. The first-order valence-corrected chi connectivity index (χ1v) is 12.5. The van der Waals surface area contributed by atoms with E-state index in [1.807, 2.05) is 68.4 Å². The number of halogens is 3. The average Bonchev–Trinajstić information content (AvgIpc) is 3.13. The van der Waals surface area contributed by atoms with E-state index in [0.717, 1.165) is 28.8 Å². The number of anilines is 3. The summed E-state index contributed by atoms with van der Waals surface area (Å²) in [7, 11) is 0. The van der Waals surface area contributed by atoms with E-state index in [1.165, 1.54) is 12.3 Å². The van der Waals surface area contributed by atoms with Crippen molar-refractivity contribution in [2.45, 2.75) is 38.8 Å². The second kappa shape index (κ2) is 10.7. The number of nitrogens with zero attached hydrogens (tertiary/aromatic N) is 4. The number of ether oxygens (including phenoxy) is 1. The zero-order valence-electron chi connectivity index (χ0n) is 21.2. The summed E-state index contributed by atoms with van der Waals surface area (Å²) in [6.45, 7) is 4.80. The van der Waals surface area contributed by atoms with Crippen molar-refractivity contribution in [2.75, 3.05) is 23.3 Å². The molecule has 1 aliphatic rings. The minimum Gasteiger partial charge on any atom is -0.457 e. The van der Waals surface area contributed by atoms with E-state index >= 15 is 0 Å². The van der Waals surface area contributed by atoms with Crippen molar-refractivity contribution in [1.29, 1.82) is 0 Å². The van der Waals surface area contributed by atoms with Gasteiger partial charge in [0.15, 0.2) is 0 Å². The van der Waals surface area contributed by atoms with Gasteiger partial charge in [-0.2, -0.15) is 13.2 Å². The predicted octanol–water partition coefficient (Wildman–Crippen LogP) is 7.15. The van der Waals surface area contributed by atoms with Crippen molar-refractivity contribution in [3.05, 3.63) is 95.6 Å². The molecule has 2 aromatic carbocycles. The van der Waals surface area contributed by atoms with Gasteiger partial charge in [0.05, 0.1) is 11.3 Å². The van der Waals surface area contributed by atoms with Crippen LogP contribution in [0.2, 0.25) is 0 Å². The topological polar surface area (TPSA) is 63.2 Å². The molecule has 1 aliphatic heterocycles. The maximum absolute atomic E-state index is 13.7. The zero-order valence-corrected chi connectivity index (χ0v) is 21.2. The molecule has 0 atom stereocenters. The number of para-hydroxylation sites is 1. The maximum atomic E-state index is 13.7. The van der Waals surface area contributed by atoms with E-state index in [9.17, 15) is 13.2 Å². The molecule has 6 nitrogen and oxygen atoms in total. The third-order valence-corrected chi connectivity index (χ3v) is 6.36. The van der Waals surface area contributed by atoms with Gasteiger partial charge in [0, 0.05) is 42.9 Å². The Morgan fingerprint density at radius 1 is 0.868 bits per heavy atom. The van der Waals surface area contributed by atoms with Crippen LogP contribution in [-0.4, -0.2) is 28.0 Å². The van der Waals surface area contributed by atoms with Crippen LogP contribution < -0.4 is 15.0 Å². The molecular weight excluding hydrogens is 491 g/mol. The summed E-state index contributed by atoms with van der Waals surface area (Å²) in [4.78, 5) is 15.4. The molecule has 4 aromatic rings. The lowest BCUT2D eigenvalue weighted by atomic mass is 10.1. The van der Waals surface area contributed by atoms with Crippen molar-refractivity contribution < 1.29 is 17.9 Å². The summed E-state index contributed by atoms with van der Waals surface area (Å²) in [5, 5.41) is 3.42. The third-order valence-electron chi connectivity index (χ3n) is 6.36. The smallest absolute Gasteiger partial charge is 0.419 e. The van der Waals surface area contributed by atoms with E-state index in [0.29, 0.717) is 43.3 Å². The largest absolute Gasteiger partial charge is 0.457 e. The van der Waals surface area contributed by atoms with Gasteiger partial charge in [-0.05, 0) is 55.0 Å². The monoisotopic (exact) mass is 519 g/mol. The Morgan fingerprint density at radius 3 is 2.29 bits per heavy atom. The van der Waals surface area contributed by atoms with Gasteiger partial charge >= 0.3 is 6.18 Å². The van der Waals surface area contributed by atoms with Crippen LogP contribution in [0.25, 0.3) is 0 Å². The molecule has 1 N–H and O–H groups in total. The summed E-state index contributed by atoms with van der Waals surface area (Å²) >= 11 is 0. The van der Waals surface area contributed by atoms with E-state index in [2.05, 4.69) is 10.3 Å². The summed E-state index contributed by atoms with van der Waals surface area (Å²) < 4.78 is 46.9. The Morgan fingerprint density at radius 2 is 1.58 bits per heavy atom. The molecule has 0 saturated heterocycles. The second-order valence-electron chi connectivity index (χ2n) is 9.43. The molecule has 5 rings (SSSR count). The van der Waals surface area contributed by atoms with Gasteiger partial charge in [-0.15, -0.1) is 0 Å². The molecule has 9 heteroatoms. The zero-order chi connectivity index (χ0) is 26.7. The van der Waals surface area contributed by atoms with Crippen LogP contribution in [0, 0.1) is 0 Å². The molecule has 0 bridgehead atoms. The molecule has 0 spiro atoms. The molecule has 0 fully saturated rings. The highest BCUT2D eigenvalue weighted by Gasteiger charge is 2.36. The van der Waals surface area contributed by atoms with E-state index < -0.39 is 11.7 Å². The van der Waals surface area contributed by atoms with Crippen molar-refractivity contribution in [1.82, 2.24) is 15.0 Å². The number of nitrogens with one attached hydrogen (secondary N) is 1. The molecule has 0 amide bonds. The number of pyridine rings is 1. The number of rotatable bonds is 6. The SMILES string of the molecule is CC(C)c1nc2c(c(Nc3ccc(Oc4ccccc4)cc3)n1)CCN(c1ncccc1C(F)(F)F)CC2. The van der Waals surface area contributed by atoms with Gasteiger partial charge in [-0.3, -0.25) is 0 Å². The van der Waals surface area contributed by atoms with Gasteiger partial charge in [0.2, 0.25) is 0 Å². The fraction of sp³-hybridized carbons (Fsp3) is 0.276. The lowest BCUT2D eigenvalue weighted by Crippen LogP contribution is -2.29. The molecular formula is C29H28F3N5O. The Kier molecular flexibility index (Phi) is 7.18. The first-order valence-electron chi connectivity index (χ1n) is 12.5. The molecule has 38 heavy (non-hydrogen) atoms. The Bertz CT molecular complexity index is 1390. The van der Waals surface area contributed by atoms with Crippen LogP contribution in [0.5, 0.6) is 11.5 Å². The maximum Gasteiger partial charge on any atom is 0.419 e. The number of hydrogen-bond acceptors (Lipinski definition) is 6. The first-order chi connectivity index (χ1) is 18.3. The van der Waals surface area contributed by atoms with Gasteiger partial charge in [-0.25, -0.2) is 15.0 Å². The Balaban J connectivity index is 1.40. The Labute approximate surface area is 219 Å². The van der Waals surface area contributed by atoms with Crippen LogP contribution in [0.3, 0.4) is 0 Å². The van der Waals surface area contributed by atoms with Crippen LogP contribution in [0.15, 0.2) is 72.9 Å². The number of aromatic nitrogens is 3. The number of alkyl halides is 3. The normalized spacial score (nSPS) is 13.7. The third kappa shape index (κ3) is 5.72. The summed E-state index contributed by atoms with van der Waals surface area (Å²) in [5.41, 5.74) is 1.86. The molecule has 0 unspecified atom stereocenters. The minimum atomic E-state index is -4.48. The summed E-state index contributed by atoms with van der Waals surface area (Å²) in [6, 6.07) is 19.5. The van der Waals surface area contributed by atoms with Crippen molar-refractivity contribution in [2.24, 2.45) is 0 Å².